The summed E-state index contributed by atoms with van der Waals surface area (Å²) in [6.07, 6.45) is 0. The first-order valence-corrected chi connectivity index (χ1v) is 9.13. The fourth-order valence-electron chi connectivity index (χ4n) is 2.16. The molecule has 2 aromatic heterocycles. The molecule has 3 N–H and O–H groups in total. The van der Waals surface area contributed by atoms with Gasteiger partial charge in [0.2, 0.25) is 5.91 Å². The van der Waals surface area contributed by atoms with Crippen molar-refractivity contribution in [2.45, 2.75) is 13.5 Å². The molecule has 0 atom stereocenters. The largest absolute Gasteiger partial charge is 0.423 e. The Morgan fingerprint density at radius 1 is 1.32 bits per heavy atom. The Morgan fingerprint density at radius 2 is 2.16 bits per heavy atom. The van der Waals surface area contributed by atoms with E-state index in [1.54, 1.807) is 35.6 Å². The number of ether oxygens (including phenoxy) is 1. The van der Waals surface area contributed by atoms with Crippen LogP contribution in [0.4, 0.5) is 5.13 Å². The molecule has 8 heteroatoms. The first-order chi connectivity index (χ1) is 12.0. The summed E-state index contributed by atoms with van der Waals surface area (Å²) in [6.45, 7) is 2.04. The molecule has 128 valence electrons. The highest BCUT2D eigenvalue weighted by molar-refractivity contribution is 7.16. The number of nitrogens with zero attached hydrogens (tertiary/aromatic N) is 1. The van der Waals surface area contributed by atoms with Crippen molar-refractivity contribution in [2.24, 2.45) is 0 Å². The Kier molecular flexibility index (Phi) is 5.11. The molecule has 6 nitrogen and oxygen atoms in total. The van der Waals surface area contributed by atoms with E-state index in [0.29, 0.717) is 23.0 Å². The van der Waals surface area contributed by atoms with Gasteiger partial charge in [-0.2, -0.15) is 0 Å². The number of nitrogens with two attached hydrogens (primary N) is 1. The first kappa shape index (κ1) is 17.1. The van der Waals surface area contributed by atoms with Gasteiger partial charge in [-0.3, -0.25) is 4.79 Å². The Hall–Kier alpha value is -2.71. The number of esters is 1. The topological polar surface area (TPSA) is 94.3 Å². The molecule has 4 rings (SSSR count). The number of rotatable bonds is 3. The molecule has 0 saturated carbocycles. The highest BCUT2D eigenvalue weighted by Gasteiger charge is 2.15. The number of carbonyl (C=O) groups is 2. The zero-order chi connectivity index (χ0) is 17.8. The van der Waals surface area contributed by atoms with E-state index in [-0.39, 0.29) is 11.9 Å². The van der Waals surface area contributed by atoms with Crippen molar-refractivity contribution < 1.29 is 14.3 Å². The van der Waals surface area contributed by atoms with Gasteiger partial charge in [-0.15, -0.1) is 22.7 Å². The third-order valence-corrected chi connectivity index (χ3v) is 4.96. The van der Waals surface area contributed by atoms with Crippen molar-refractivity contribution in [1.82, 2.24) is 10.3 Å². The Balaban J connectivity index is 0.000000170. The second-order valence-electron chi connectivity index (χ2n) is 5.17. The van der Waals surface area contributed by atoms with Gasteiger partial charge < -0.3 is 15.8 Å². The summed E-state index contributed by atoms with van der Waals surface area (Å²) in [4.78, 5) is 26.8. The first-order valence-electron chi connectivity index (χ1n) is 7.37. The van der Waals surface area contributed by atoms with Gasteiger partial charge in [-0.05, 0) is 35.2 Å². The number of anilines is 1. The molecule has 1 aliphatic rings. The van der Waals surface area contributed by atoms with Gasteiger partial charge in [-0.25, -0.2) is 9.78 Å². The van der Waals surface area contributed by atoms with E-state index in [2.05, 4.69) is 10.3 Å². The minimum Gasteiger partial charge on any atom is -0.423 e. The van der Waals surface area contributed by atoms with Gasteiger partial charge >= 0.3 is 5.97 Å². The maximum atomic E-state index is 10.8. The molecule has 0 fully saturated rings. The van der Waals surface area contributed by atoms with Crippen LogP contribution in [0.25, 0.3) is 10.6 Å². The number of thiazole rings is 1. The highest BCUT2D eigenvalue weighted by atomic mass is 32.1. The van der Waals surface area contributed by atoms with Gasteiger partial charge in [0.1, 0.15) is 5.75 Å². The minimum atomic E-state index is -0.241. The molecule has 1 amide bonds. The van der Waals surface area contributed by atoms with Gasteiger partial charge in [0.15, 0.2) is 5.13 Å². The van der Waals surface area contributed by atoms with Gasteiger partial charge in [0, 0.05) is 18.8 Å². The number of carbonyl (C=O) groups excluding carboxylic acids is 2. The normalized spacial score (nSPS) is 11.5. The van der Waals surface area contributed by atoms with E-state index in [1.807, 2.05) is 16.8 Å². The van der Waals surface area contributed by atoms with Crippen LogP contribution in [-0.2, 0) is 11.3 Å². The molecule has 1 aromatic carbocycles. The summed E-state index contributed by atoms with van der Waals surface area (Å²) in [5.74, 6) is 0.377. The summed E-state index contributed by atoms with van der Waals surface area (Å²) in [6, 6.07) is 9.01. The predicted molar refractivity (Wildman–Crippen MR) is 98.8 cm³/mol. The molecule has 3 aromatic rings. The molecule has 0 aliphatic carbocycles. The summed E-state index contributed by atoms with van der Waals surface area (Å²) < 4.78 is 4.75. The zero-order valence-electron chi connectivity index (χ0n) is 13.3. The summed E-state index contributed by atoms with van der Waals surface area (Å²) in [7, 11) is 0. The quantitative estimate of drug-likeness (QED) is 0.687. The van der Waals surface area contributed by atoms with Crippen LogP contribution < -0.4 is 15.8 Å². The van der Waals surface area contributed by atoms with Crippen LogP contribution in [0.1, 0.15) is 22.8 Å². The average molecular weight is 373 g/mol. The number of benzene rings is 1. The molecule has 25 heavy (non-hydrogen) atoms. The number of thiophene rings is 1. The molecular formula is C17H15N3O3S2. The molecule has 0 saturated heterocycles. The number of nitrogen functional groups attached to an aromatic ring is 1. The molecule has 3 heterocycles. The predicted octanol–water partition coefficient (Wildman–Crippen LogP) is 3.31. The minimum absolute atomic E-state index is 0.0325. The van der Waals surface area contributed by atoms with Gasteiger partial charge in [0.05, 0.1) is 16.1 Å². The number of fused-ring (bicyclic) bond motifs is 2. The SMILES string of the molecule is CC(=O)NCc1ccsc1-c1csc(N)n1.O=C1Oc2cccc1c2. The summed E-state index contributed by atoms with van der Waals surface area (Å²) in [5.41, 5.74) is 8.21. The van der Waals surface area contributed by atoms with Crippen LogP contribution in [0.15, 0.2) is 41.1 Å². The van der Waals surface area contributed by atoms with E-state index in [4.69, 9.17) is 10.5 Å². The van der Waals surface area contributed by atoms with Crippen molar-refractivity contribution >= 4 is 39.7 Å². The number of hydrogen-bond acceptors (Lipinski definition) is 7. The van der Waals surface area contributed by atoms with E-state index in [1.165, 1.54) is 18.3 Å². The third-order valence-electron chi connectivity index (χ3n) is 3.31. The van der Waals surface area contributed by atoms with Gasteiger partial charge in [0.25, 0.3) is 0 Å². The monoisotopic (exact) mass is 373 g/mol. The van der Waals surface area contributed by atoms with E-state index < -0.39 is 0 Å². The van der Waals surface area contributed by atoms with Crippen LogP contribution in [0.2, 0.25) is 0 Å². The molecule has 0 spiro atoms. The zero-order valence-corrected chi connectivity index (χ0v) is 14.9. The lowest BCUT2D eigenvalue weighted by Gasteiger charge is -2.02. The fourth-order valence-corrected chi connectivity index (χ4v) is 3.68. The lowest BCUT2D eigenvalue weighted by Crippen LogP contribution is -2.18. The highest BCUT2D eigenvalue weighted by Crippen LogP contribution is 2.31. The number of nitrogens with one attached hydrogen (secondary N) is 1. The average Bonchev–Trinajstić information content (AvgIpc) is 3.27. The summed E-state index contributed by atoms with van der Waals surface area (Å²) in [5, 5.41) is 7.26. The van der Waals surface area contributed by atoms with E-state index >= 15 is 0 Å². The summed E-state index contributed by atoms with van der Waals surface area (Å²) >= 11 is 3.03. The van der Waals surface area contributed by atoms with Crippen LogP contribution in [0.3, 0.4) is 0 Å². The molecule has 2 bridgehead atoms. The lowest BCUT2D eigenvalue weighted by atomic mass is 10.2. The Labute approximate surface area is 152 Å². The maximum Gasteiger partial charge on any atom is 0.343 e. The van der Waals surface area contributed by atoms with Crippen molar-refractivity contribution in [1.29, 1.82) is 0 Å². The Morgan fingerprint density at radius 3 is 2.80 bits per heavy atom. The number of aromatic nitrogens is 1. The molecule has 0 radical (unpaired) electrons. The smallest absolute Gasteiger partial charge is 0.343 e. The fraction of sp³-hybridized carbons (Fsp3) is 0.118. The van der Waals surface area contributed by atoms with Crippen LogP contribution in [-0.4, -0.2) is 16.9 Å². The third kappa shape index (κ3) is 4.23. The van der Waals surface area contributed by atoms with Crippen LogP contribution in [0.5, 0.6) is 5.75 Å². The van der Waals surface area contributed by atoms with Crippen molar-refractivity contribution in [3.63, 3.8) is 0 Å². The van der Waals surface area contributed by atoms with Crippen molar-refractivity contribution in [3.05, 3.63) is 52.2 Å². The van der Waals surface area contributed by atoms with Crippen LogP contribution >= 0.6 is 22.7 Å². The lowest BCUT2D eigenvalue weighted by molar-refractivity contribution is -0.119. The second-order valence-corrected chi connectivity index (χ2v) is 6.98. The van der Waals surface area contributed by atoms with E-state index in [9.17, 15) is 9.59 Å². The molecular weight excluding hydrogens is 358 g/mol. The van der Waals surface area contributed by atoms with Crippen LogP contribution in [0, 0.1) is 0 Å². The van der Waals surface area contributed by atoms with Crippen molar-refractivity contribution in [2.75, 3.05) is 5.73 Å². The Bertz CT molecular complexity index is 917. The van der Waals surface area contributed by atoms with E-state index in [0.717, 1.165) is 16.1 Å². The maximum absolute atomic E-state index is 10.8. The standard InChI is InChI=1S/C10H11N3OS2.C7H4O2/c1-6(14)12-4-7-2-3-15-9(7)8-5-16-10(11)13-8;8-7-5-2-1-3-6(4-5)9-7/h2-3,5H,4H2,1H3,(H2,11,13)(H,12,14);1-4H. The van der Waals surface area contributed by atoms with Crippen molar-refractivity contribution in [3.8, 4) is 16.3 Å². The van der Waals surface area contributed by atoms with Gasteiger partial charge in [-0.1, -0.05) is 6.07 Å². The molecule has 1 aliphatic heterocycles. The number of amides is 1. The number of hydrogen-bond donors (Lipinski definition) is 2. The molecule has 0 unspecified atom stereocenters. The second kappa shape index (κ2) is 7.45.